The van der Waals surface area contributed by atoms with Crippen molar-refractivity contribution in [3.63, 3.8) is 0 Å². The summed E-state index contributed by atoms with van der Waals surface area (Å²) in [5.41, 5.74) is 5.80. The lowest BCUT2D eigenvalue weighted by molar-refractivity contribution is 0.0950. The molecule has 2 unspecified atom stereocenters. The Morgan fingerprint density at radius 1 is 0.923 bits per heavy atom. The Hall–Kier alpha value is -2.52. The summed E-state index contributed by atoms with van der Waals surface area (Å²) in [4.78, 5) is 12.2. The van der Waals surface area contributed by atoms with Gasteiger partial charge >= 0.3 is 0 Å². The smallest absolute Gasteiger partial charge is 0.0894 e. The predicted molar refractivity (Wildman–Crippen MR) is 106 cm³/mol. The topological polar surface area (TPSA) is 29.0 Å². The standard InChI is InChI=1S/C23H23N3/c1-2-7-17(8-3-1)16-26-19-9-6-10-20(26)14-18(13-19)23-15-24-21-11-4-5-12-22(21)25-23/h1-5,7-8,11-13,15,19-20H,6,9-10,14,16H2. The monoisotopic (exact) mass is 341 g/mol. The minimum atomic E-state index is 0.519. The Morgan fingerprint density at radius 3 is 2.58 bits per heavy atom. The van der Waals surface area contributed by atoms with Gasteiger partial charge in [0.2, 0.25) is 0 Å². The summed E-state index contributed by atoms with van der Waals surface area (Å²) in [7, 11) is 0. The maximum absolute atomic E-state index is 4.89. The highest BCUT2D eigenvalue weighted by Gasteiger charge is 2.34. The van der Waals surface area contributed by atoms with Gasteiger partial charge in [0.1, 0.15) is 0 Å². The van der Waals surface area contributed by atoms with Crippen LogP contribution in [0, 0.1) is 0 Å². The summed E-state index contributed by atoms with van der Waals surface area (Å²) in [5.74, 6) is 0. The van der Waals surface area contributed by atoms with Gasteiger partial charge in [-0.1, -0.05) is 55.0 Å². The molecule has 3 heteroatoms. The quantitative estimate of drug-likeness (QED) is 0.682. The van der Waals surface area contributed by atoms with Gasteiger partial charge in [-0.2, -0.15) is 0 Å². The average molecular weight is 341 g/mol. The Labute approximate surface area is 154 Å². The molecule has 130 valence electrons. The van der Waals surface area contributed by atoms with Gasteiger partial charge in [-0.05, 0) is 42.5 Å². The third-order valence-electron chi connectivity index (χ3n) is 5.77. The lowest BCUT2D eigenvalue weighted by Gasteiger charge is -2.45. The van der Waals surface area contributed by atoms with Crippen molar-refractivity contribution in [3.05, 3.63) is 78.1 Å². The molecule has 0 radical (unpaired) electrons. The Morgan fingerprint density at radius 2 is 1.73 bits per heavy atom. The zero-order chi connectivity index (χ0) is 17.3. The van der Waals surface area contributed by atoms with E-state index in [1.54, 1.807) is 0 Å². The zero-order valence-corrected chi connectivity index (χ0v) is 14.9. The van der Waals surface area contributed by atoms with Crippen LogP contribution in [-0.2, 0) is 6.54 Å². The fourth-order valence-corrected chi connectivity index (χ4v) is 4.46. The second kappa shape index (κ2) is 6.65. The Balaban J connectivity index is 1.46. The van der Waals surface area contributed by atoms with Gasteiger partial charge in [-0.15, -0.1) is 0 Å². The van der Waals surface area contributed by atoms with Gasteiger partial charge in [0.15, 0.2) is 0 Å². The third kappa shape index (κ3) is 2.93. The van der Waals surface area contributed by atoms with Gasteiger partial charge < -0.3 is 0 Å². The average Bonchev–Trinajstić information content (AvgIpc) is 2.68. The van der Waals surface area contributed by atoms with E-state index in [-0.39, 0.29) is 0 Å². The van der Waals surface area contributed by atoms with Gasteiger partial charge in [-0.25, -0.2) is 4.98 Å². The molecule has 2 aliphatic heterocycles. The van der Waals surface area contributed by atoms with E-state index in [0.29, 0.717) is 12.1 Å². The molecular formula is C23H23N3. The molecule has 1 fully saturated rings. The van der Waals surface area contributed by atoms with Crippen LogP contribution in [0.25, 0.3) is 16.6 Å². The second-order valence-electron chi connectivity index (χ2n) is 7.45. The van der Waals surface area contributed by atoms with Crippen LogP contribution in [0.15, 0.2) is 66.9 Å². The number of hydrogen-bond acceptors (Lipinski definition) is 3. The molecule has 1 aromatic heterocycles. The van der Waals surface area contributed by atoms with Crippen LogP contribution in [0.5, 0.6) is 0 Å². The van der Waals surface area contributed by atoms with Crippen LogP contribution in [0.2, 0.25) is 0 Å². The Kier molecular flexibility index (Phi) is 4.02. The molecule has 2 aliphatic rings. The first kappa shape index (κ1) is 15.7. The van der Waals surface area contributed by atoms with Crippen molar-refractivity contribution in [1.29, 1.82) is 0 Å². The lowest BCUT2D eigenvalue weighted by Crippen LogP contribution is -2.47. The van der Waals surface area contributed by atoms with E-state index >= 15 is 0 Å². The summed E-state index contributed by atoms with van der Waals surface area (Å²) in [5, 5.41) is 0. The van der Waals surface area contributed by atoms with Crippen molar-refractivity contribution < 1.29 is 0 Å². The van der Waals surface area contributed by atoms with E-state index in [2.05, 4.69) is 52.4 Å². The first-order chi connectivity index (χ1) is 12.9. The number of piperidine rings is 1. The number of fused-ring (bicyclic) bond motifs is 3. The van der Waals surface area contributed by atoms with E-state index in [4.69, 9.17) is 4.98 Å². The van der Waals surface area contributed by atoms with Crippen molar-refractivity contribution in [1.82, 2.24) is 14.9 Å². The van der Waals surface area contributed by atoms with Crippen molar-refractivity contribution in [3.8, 4) is 0 Å². The van der Waals surface area contributed by atoms with E-state index < -0.39 is 0 Å². The van der Waals surface area contributed by atoms with Crippen LogP contribution >= 0.6 is 0 Å². The molecule has 2 aromatic carbocycles. The van der Waals surface area contributed by atoms with E-state index in [1.807, 2.05) is 24.4 Å². The van der Waals surface area contributed by atoms with Gasteiger partial charge in [-0.3, -0.25) is 9.88 Å². The van der Waals surface area contributed by atoms with Gasteiger partial charge in [0.25, 0.3) is 0 Å². The highest BCUT2D eigenvalue weighted by molar-refractivity contribution is 5.76. The number of aromatic nitrogens is 2. The molecule has 3 heterocycles. The molecule has 3 aromatic rings. The first-order valence-corrected chi connectivity index (χ1v) is 9.59. The fraction of sp³-hybridized carbons (Fsp3) is 0.304. The maximum Gasteiger partial charge on any atom is 0.0894 e. The van der Waals surface area contributed by atoms with Crippen LogP contribution in [0.3, 0.4) is 0 Å². The predicted octanol–water partition coefficient (Wildman–Crippen LogP) is 4.84. The molecule has 1 saturated heterocycles. The molecular weight excluding hydrogens is 318 g/mol. The van der Waals surface area contributed by atoms with Crippen molar-refractivity contribution in [2.24, 2.45) is 0 Å². The summed E-state index contributed by atoms with van der Waals surface area (Å²) < 4.78 is 0. The van der Waals surface area contributed by atoms with Crippen molar-refractivity contribution in [2.75, 3.05) is 0 Å². The van der Waals surface area contributed by atoms with E-state index in [0.717, 1.165) is 29.7 Å². The van der Waals surface area contributed by atoms with E-state index in [9.17, 15) is 0 Å². The second-order valence-corrected chi connectivity index (χ2v) is 7.45. The SMILES string of the molecule is C1=C(c2cnc3ccccc3n2)CC2CCCC1N2Cc1ccccc1. The molecule has 0 spiro atoms. The normalized spacial score (nSPS) is 23.0. The molecule has 26 heavy (non-hydrogen) atoms. The minimum absolute atomic E-state index is 0.519. The van der Waals surface area contributed by atoms with Gasteiger partial charge in [0, 0.05) is 18.6 Å². The minimum Gasteiger partial charge on any atom is -0.289 e. The van der Waals surface area contributed by atoms with Crippen LogP contribution < -0.4 is 0 Å². The van der Waals surface area contributed by atoms with E-state index in [1.165, 1.54) is 30.4 Å². The molecule has 0 aliphatic carbocycles. The third-order valence-corrected chi connectivity index (χ3v) is 5.77. The summed E-state index contributed by atoms with van der Waals surface area (Å²) in [6.45, 7) is 1.04. The zero-order valence-electron chi connectivity index (χ0n) is 14.9. The first-order valence-electron chi connectivity index (χ1n) is 9.59. The summed E-state index contributed by atoms with van der Waals surface area (Å²) in [6.07, 6.45) is 9.34. The Bertz CT molecular complexity index is 948. The van der Waals surface area contributed by atoms with Crippen molar-refractivity contribution >= 4 is 16.6 Å². The molecule has 2 atom stereocenters. The van der Waals surface area contributed by atoms with Crippen molar-refractivity contribution in [2.45, 2.75) is 44.3 Å². The van der Waals surface area contributed by atoms with Gasteiger partial charge in [0.05, 0.1) is 22.9 Å². The summed E-state index contributed by atoms with van der Waals surface area (Å²) >= 11 is 0. The molecule has 5 rings (SSSR count). The molecule has 0 N–H and O–H groups in total. The van der Waals surface area contributed by atoms with Crippen LogP contribution in [0.4, 0.5) is 0 Å². The molecule has 0 amide bonds. The number of nitrogens with zero attached hydrogens (tertiary/aromatic N) is 3. The number of para-hydroxylation sites is 2. The highest BCUT2D eigenvalue weighted by atomic mass is 15.2. The molecule has 2 bridgehead atoms. The molecule has 3 nitrogen and oxygen atoms in total. The highest BCUT2D eigenvalue weighted by Crippen LogP contribution is 2.37. The maximum atomic E-state index is 4.89. The lowest BCUT2D eigenvalue weighted by atomic mass is 9.84. The largest absolute Gasteiger partial charge is 0.289 e. The summed E-state index contributed by atoms with van der Waals surface area (Å²) in [6, 6.07) is 20.1. The number of rotatable bonds is 3. The number of benzene rings is 2. The fourth-order valence-electron chi connectivity index (χ4n) is 4.46. The number of hydrogen-bond donors (Lipinski definition) is 0. The van der Waals surface area contributed by atoms with Crippen LogP contribution in [-0.4, -0.2) is 27.0 Å². The molecule has 0 saturated carbocycles. The van der Waals surface area contributed by atoms with Crippen LogP contribution in [0.1, 0.15) is 36.9 Å².